The lowest BCUT2D eigenvalue weighted by atomic mass is 9.88. The highest BCUT2D eigenvalue weighted by atomic mass is 16.5. The third kappa shape index (κ3) is 6.23. The zero-order chi connectivity index (χ0) is 12.8. The SMILES string of the molecule is COCCN(CC(C)C)CC(C)(C)C(C)=O. The molecular formula is C13H27NO2. The molecule has 0 rings (SSSR count). The van der Waals surface area contributed by atoms with Crippen LogP contribution < -0.4 is 0 Å². The molecule has 0 aromatic heterocycles. The van der Waals surface area contributed by atoms with E-state index in [0.717, 1.165) is 26.2 Å². The monoisotopic (exact) mass is 229 g/mol. The molecule has 0 amide bonds. The van der Waals surface area contributed by atoms with Crippen LogP contribution in [0.2, 0.25) is 0 Å². The van der Waals surface area contributed by atoms with Crippen LogP contribution in [0.5, 0.6) is 0 Å². The maximum Gasteiger partial charge on any atom is 0.136 e. The van der Waals surface area contributed by atoms with Crippen LogP contribution in [0, 0.1) is 11.3 Å². The van der Waals surface area contributed by atoms with E-state index >= 15 is 0 Å². The summed E-state index contributed by atoms with van der Waals surface area (Å²) in [5.41, 5.74) is -0.261. The van der Waals surface area contributed by atoms with Crippen molar-refractivity contribution in [2.75, 3.05) is 33.4 Å². The van der Waals surface area contributed by atoms with Gasteiger partial charge in [-0.3, -0.25) is 9.69 Å². The van der Waals surface area contributed by atoms with Gasteiger partial charge >= 0.3 is 0 Å². The topological polar surface area (TPSA) is 29.5 Å². The highest BCUT2D eigenvalue weighted by molar-refractivity contribution is 5.81. The number of ketones is 1. The fourth-order valence-corrected chi connectivity index (χ4v) is 1.64. The van der Waals surface area contributed by atoms with Crippen LogP contribution in [-0.2, 0) is 9.53 Å². The first-order valence-corrected chi connectivity index (χ1v) is 6.02. The molecule has 0 aliphatic heterocycles. The maximum absolute atomic E-state index is 11.5. The molecule has 0 saturated heterocycles. The van der Waals surface area contributed by atoms with Crippen molar-refractivity contribution >= 4 is 5.78 Å². The molecule has 96 valence electrons. The van der Waals surface area contributed by atoms with Gasteiger partial charge in [0.15, 0.2) is 0 Å². The number of methoxy groups -OCH3 is 1. The van der Waals surface area contributed by atoms with Gasteiger partial charge in [0.1, 0.15) is 5.78 Å². The summed E-state index contributed by atoms with van der Waals surface area (Å²) in [6.07, 6.45) is 0. The normalized spacial score (nSPS) is 12.5. The number of Topliss-reactive ketones (excluding diaryl/α,β-unsaturated/α-hetero) is 1. The summed E-state index contributed by atoms with van der Waals surface area (Å²) in [5, 5.41) is 0. The van der Waals surface area contributed by atoms with E-state index in [-0.39, 0.29) is 11.2 Å². The number of carbonyl (C=O) groups excluding carboxylic acids is 1. The molecule has 0 heterocycles. The predicted molar refractivity (Wildman–Crippen MR) is 67.6 cm³/mol. The Hall–Kier alpha value is -0.410. The number of rotatable bonds is 8. The fourth-order valence-electron chi connectivity index (χ4n) is 1.64. The molecule has 3 heteroatoms. The number of hydrogen-bond donors (Lipinski definition) is 0. The largest absolute Gasteiger partial charge is 0.383 e. The number of hydrogen-bond acceptors (Lipinski definition) is 3. The quantitative estimate of drug-likeness (QED) is 0.639. The average Bonchev–Trinajstić information content (AvgIpc) is 2.12. The molecule has 0 atom stereocenters. The Morgan fingerprint density at radius 1 is 1.38 bits per heavy atom. The van der Waals surface area contributed by atoms with Crippen molar-refractivity contribution < 1.29 is 9.53 Å². The summed E-state index contributed by atoms with van der Waals surface area (Å²) < 4.78 is 5.10. The van der Waals surface area contributed by atoms with Crippen LogP contribution in [0.1, 0.15) is 34.6 Å². The minimum Gasteiger partial charge on any atom is -0.383 e. The summed E-state index contributed by atoms with van der Waals surface area (Å²) in [5.74, 6) is 0.860. The Morgan fingerprint density at radius 3 is 2.31 bits per heavy atom. The lowest BCUT2D eigenvalue weighted by molar-refractivity contribution is -0.126. The van der Waals surface area contributed by atoms with Gasteiger partial charge in [-0.15, -0.1) is 0 Å². The molecular weight excluding hydrogens is 202 g/mol. The molecule has 0 spiro atoms. The van der Waals surface area contributed by atoms with E-state index in [0.29, 0.717) is 5.92 Å². The summed E-state index contributed by atoms with van der Waals surface area (Å²) in [6.45, 7) is 13.5. The molecule has 0 aliphatic carbocycles. The third-order valence-electron chi connectivity index (χ3n) is 2.81. The molecule has 0 aromatic carbocycles. The van der Waals surface area contributed by atoms with Crippen LogP contribution in [-0.4, -0.2) is 44.0 Å². The standard InChI is InChI=1S/C13H27NO2/c1-11(2)9-14(7-8-16-6)10-13(4,5)12(3)15/h11H,7-10H2,1-6H3. The second-order valence-corrected chi connectivity index (χ2v) is 5.56. The van der Waals surface area contributed by atoms with Crippen molar-refractivity contribution in [1.82, 2.24) is 4.90 Å². The summed E-state index contributed by atoms with van der Waals surface area (Å²) in [6, 6.07) is 0. The predicted octanol–water partition coefficient (Wildman–Crippen LogP) is 2.21. The van der Waals surface area contributed by atoms with Crippen LogP contribution in [0.4, 0.5) is 0 Å². The maximum atomic E-state index is 11.5. The molecule has 0 fully saturated rings. The van der Waals surface area contributed by atoms with Gasteiger partial charge in [0.05, 0.1) is 6.61 Å². The van der Waals surface area contributed by atoms with Gasteiger partial charge in [-0.2, -0.15) is 0 Å². The Bertz CT molecular complexity index is 212. The number of carbonyl (C=O) groups is 1. The second kappa shape index (κ2) is 7.02. The van der Waals surface area contributed by atoms with Gasteiger partial charge in [-0.25, -0.2) is 0 Å². The lowest BCUT2D eigenvalue weighted by Crippen LogP contribution is -2.41. The van der Waals surface area contributed by atoms with Crippen LogP contribution in [0.25, 0.3) is 0 Å². The van der Waals surface area contributed by atoms with E-state index in [2.05, 4.69) is 18.7 Å². The van der Waals surface area contributed by atoms with Crippen LogP contribution >= 0.6 is 0 Å². The van der Waals surface area contributed by atoms with Gasteiger partial charge in [0.25, 0.3) is 0 Å². The Kier molecular flexibility index (Phi) is 6.84. The summed E-state index contributed by atoms with van der Waals surface area (Å²) >= 11 is 0. The Balaban J connectivity index is 4.34. The molecule has 3 nitrogen and oxygen atoms in total. The van der Waals surface area contributed by atoms with Crippen molar-refractivity contribution in [2.45, 2.75) is 34.6 Å². The highest BCUT2D eigenvalue weighted by Gasteiger charge is 2.26. The van der Waals surface area contributed by atoms with Gasteiger partial charge in [-0.1, -0.05) is 27.7 Å². The van der Waals surface area contributed by atoms with E-state index in [1.807, 2.05) is 13.8 Å². The minimum atomic E-state index is -0.261. The highest BCUT2D eigenvalue weighted by Crippen LogP contribution is 2.18. The van der Waals surface area contributed by atoms with Crippen LogP contribution in [0.15, 0.2) is 0 Å². The van der Waals surface area contributed by atoms with Crippen molar-refractivity contribution in [3.63, 3.8) is 0 Å². The van der Waals surface area contributed by atoms with E-state index in [1.54, 1.807) is 14.0 Å². The van der Waals surface area contributed by atoms with E-state index in [4.69, 9.17) is 4.74 Å². The molecule has 0 saturated carbocycles. The van der Waals surface area contributed by atoms with Gasteiger partial charge < -0.3 is 4.74 Å². The molecule has 0 unspecified atom stereocenters. The number of nitrogens with zero attached hydrogens (tertiary/aromatic N) is 1. The van der Waals surface area contributed by atoms with Crippen LogP contribution in [0.3, 0.4) is 0 Å². The molecule has 0 N–H and O–H groups in total. The van der Waals surface area contributed by atoms with E-state index < -0.39 is 0 Å². The smallest absolute Gasteiger partial charge is 0.136 e. The molecule has 16 heavy (non-hydrogen) atoms. The molecule has 0 aliphatic rings. The summed E-state index contributed by atoms with van der Waals surface area (Å²) in [4.78, 5) is 13.8. The first-order valence-electron chi connectivity index (χ1n) is 6.02. The van der Waals surface area contributed by atoms with Gasteiger partial charge in [0.2, 0.25) is 0 Å². The first kappa shape index (κ1) is 15.6. The first-order chi connectivity index (χ1) is 7.29. The summed E-state index contributed by atoms with van der Waals surface area (Å²) in [7, 11) is 1.71. The zero-order valence-corrected chi connectivity index (χ0v) is 11.7. The van der Waals surface area contributed by atoms with E-state index in [9.17, 15) is 4.79 Å². The Morgan fingerprint density at radius 2 is 1.94 bits per heavy atom. The second-order valence-electron chi connectivity index (χ2n) is 5.56. The number of ether oxygens (including phenoxy) is 1. The van der Waals surface area contributed by atoms with Crippen molar-refractivity contribution in [1.29, 1.82) is 0 Å². The average molecular weight is 229 g/mol. The fraction of sp³-hybridized carbons (Fsp3) is 0.923. The van der Waals surface area contributed by atoms with Crippen molar-refractivity contribution in [3.05, 3.63) is 0 Å². The Labute approximate surface area is 100 Å². The van der Waals surface area contributed by atoms with Gasteiger partial charge in [-0.05, 0) is 12.8 Å². The molecule has 0 radical (unpaired) electrons. The zero-order valence-electron chi connectivity index (χ0n) is 11.7. The third-order valence-corrected chi connectivity index (χ3v) is 2.81. The minimum absolute atomic E-state index is 0.249. The van der Waals surface area contributed by atoms with Gasteiger partial charge in [0, 0.05) is 32.2 Å². The molecule has 0 aromatic rings. The van der Waals surface area contributed by atoms with E-state index in [1.165, 1.54) is 0 Å². The van der Waals surface area contributed by atoms with Crippen molar-refractivity contribution in [2.24, 2.45) is 11.3 Å². The molecule has 0 bridgehead atoms. The van der Waals surface area contributed by atoms with Crippen molar-refractivity contribution in [3.8, 4) is 0 Å². The lowest BCUT2D eigenvalue weighted by Gasteiger charge is -2.31.